The van der Waals surface area contributed by atoms with Crippen molar-refractivity contribution in [3.8, 4) is 0 Å². The molecule has 1 saturated carbocycles. The van der Waals surface area contributed by atoms with Crippen LogP contribution in [-0.2, 0) is 10.2 Å². The van der Waals surface area contributed by atoms with Crippen molar-refractivity contribution in [3.05, 3.63) is 36.1 Å². The van der Waals surface area contributed by atoms with Crippen LogP contribution < -0.4 is 5.73 Å². The molecule has 1 aliphatic heterocycles. The summed E-state index contributed by atoms with van der Waals surface area (Å²) in [6.45, 7) is 2.32. The molecule has 2 N–H and O–H groups in total. The smallest absolute Gasteiger partial charge is 0.134 e. The number of rotatable bonds is 3. The average molecular weight is 243 g/mol. The van der Waals surface area contributed by atoms with Crippen LogP contribution in [0.5, 0.6) is 0 Å². The Balaban J connectivity index is 1.90. The number of ether oxygens (including phenoxy) is 1. The molecule has 1 aromatic carbocycles. The quantitative estimate of drug-likeness (QED) is 0.900. The standard InChI is InChI=1S/C15H17NO2/c16-8-14(5-6-14)15(9-17-10-15)12-7-18-13-4-2-1-3-11(12)13/h1-4,7H,5-6,8-10,16H2. The molecule has 0 bridgehead atoms. The molecule has 3 nitrogen and oxygen atoms in total. The maximum atomic E-state index is 6.03. The third kappa shape index (κ3) is 1.11. The second kappa shape index (κ2) is 3.37. The fourth-order valence-corrected chi connectivity index (χ4v) is 3.43. The lowest BCUT2D eigenvalue weighted by Crippen LogP contribution is -2.55. The molecular weight excluding hydrogens is 226 g/mol. The summed E-state index contributed by atoms with van der Waals surface area (Å²) in [6.07, 6.45) is 4.35. The molecular formula is C15H17NO2. The van der Waals surface area contributed by atoms with E-state index in [1.54, 1.807) is 0 Å². The first-order chi connectivity index (χ1) is 8.81. The van der Waals surface area contributed by atoms with Crippen molar-refractivity contribution >= 4 is 11.0 Å². The van der Waals surface area contributed by atoms with Crippen molar-refractivity contribution in [2.24, 2.45) is 11.1 Å². The van der Waals surface area contributed by atoms with E-state index in [0.717, 1.165) is 25.3 Å². The van der Waals surface area contributed by atoms with Gasteiger partial charge in [-0.2, -0.15) is 0 Å². The second-order valence-corrected chi connectivity index (χ2v) is 5.70. The number of hydrogen-bond acceptors (Lipinski definition) is 3. The zero-order valence-electron chi connectivity index (χ0n) is 10.3. The number of para-hydroxylation sites is 1. The monoisotopic (exact) mass is 243 g/mol. The van der Waals surface area contributed by atoms with E-state index in [2.05, 4.69) is 12.1 Å². The Kier molecular flexibility index (Phi) is 1.98. The summed E-state index contributed by atoms with van der Waals surface area (Å²) in [5, 5.41) is 1.22. The molecule has 3 heteroatoms. The fraction of sp³-hybridized carbons (Fsp3) is 0.467. The van der Waals surface area contributed by atoms with Crippen LogP contribution in [0, 0.1) is 5.41 Å². The van der Waals surface area contributed by atoms with Crippen LogP contribution in [-0.4, -0.2) is 19.8 Å². The van der Waals surface area contributed by atoms with Crippen molar-refractivity contribution < 1.29 is 9.15 Å². The predicted molar refractivity (Wildman–Crippen MR) is 69.4 cm³/mol. The highest BCUT2D eigenvalue weighted by Gasteiger charge is 2.63. The van der Waals surface area contributed by atoms with E-state index in [-0.39, 0.29) is 10.8 Å². The summed E-state index contributed by atoms with van der Waals surface area (Å²) >= 11 is 0. The summed E-state index contributed by atoms with van der Waals surface area (Å²) in [6, 6.07) is 8.24. The lowest BCUT2D eigenvalue weighted by molar-refractivity contribution is -0.0968. The number of hydrogen-bond donors (Lipinski definition) is 1. The van der Waals surface area contributed by atoms with Crippen molar-refractivity contribution in [3.63, 3.8) is 0 Å². The van der Waals surface area contributed by atoms with Crippen LogP contribution in [0.1, 0.15) is 18.4 Å². The number of benzene rings is 1. The molecule has 1 saturated heterocycles. The minimum atomic E-state index is 0.0916. The van der Waals surface area contributed by atoms with Gasteiger partial charge in [0.05, 0.1) is 24.9 Å². The van der Waals surface area contributed by atoms with Gasteiger partial charge in [0.1, 0.15) is 5.58 Å². The van der Waals surface area contributed by atoms with Gasteiger partial charge >= 0.3 is 0 Å². The molecule has 4 rings (SSSR count). The molecule has 2 aliphatic rings. The summed E-state index contributed by atoms with van der Waals surface area (Å²) in [7, 11) is 0. The van der Waals surface area contributed by atoms with E-state index in [1.165, 1.54) is 23.8 Å². The fourth-order valence-electron chi connectivity index (χ4n) is 3.43. The highest BCUT2D eigenvalue weighted by atomic mass is 16.5. The number of nitrogens with two attached hydrogens (primary N) is 1. The topological polar surface area (TPSA) is 48.4 Å². The first kappa shape index (κ1) is 10.6. The van der Waals surface area contributed by atoms with E-state index < -0.39 is 0 Å². The van der Waals surface area contributed by atoms with Crippen LogP contribution in [0.15, 0.2) is 34.9 Å². The Morgan fingerprint density at radius 1 is 1.17 bits per heavy atom. The van der Waals surface area contributed by atoms with Crippen molar-refractivity contribution in [1.29, 1.82) is 0 Å². The molecule has 0 spiro atoms. The van der Waals surface area contributed by atoms with Crippen molar-refractivity contribution in [2.75, 3.05) is 19.8 Å². The van der Waals surface area contributed by atoms with E-state index >= 15 is 0 Å². The van der Waals surface area contributed by atoms with Crippen LogP contribution in [0.2, 0.25) is 0 Å². The SMILES string of the molecule is NCC1(C2(c3coc4ccccc34)COC2)CC1. The summed E-state index contributed by atoms with van der Waals surface area (Å²) in [5.41, 5.74) is 8.63. The van der Waals surface area contributed by atoms with E-state index in [1.807, 2.05) is 18.4 Å². The molecule has 2 fully saturated rings. The Bertz CT molecular complexity index is 593. The third-order valence-corrected chi connectivity index (χ3v) is 4.95. The number of furan rings is 1. The van der Waals surface area contributed by atoms with E-state index in [9.17, 15) is 0 Å². The van der Waals surface area contributed by atoms with Gasteiger partial charge in [0.25, 0.3) is 0 Å². The van der Waals surface area contributed by atoms with Crippen LogP contribution >= 0.6 is 0 Å². The van der Waals surface area contributed by atoms with Gasteiger partial charge in [0.15, 0.2) is 0 Å². The minimum Gasteiger partial charge on any atom is -0.464 e. The maximum absolute atomic E-state index is 6.03. The molecule has 2 heterocycles. The average Bonchev–Trinajstić information content (AvgIpc) is 3.03. The molecule has 94 valence electrons. The lowest BCUT2D eigenvalue weighted by atomic mass is 9.66. The lowest BCUT2D eigenvalue weighted by Gasteiger charge is -2.47. The first-order valence-corrected chi connectivity index (χ1v) is 6.56. The summed E-state index contributed by atoms with van der Waals surface area (Å²) in [5.74, 6) is 0. The van der Waals surface area contributed by atoms with Gasteiger partial charge in [-0.15, -0.1) is 0 Å². The molecule has 1 aliphatic carbocycles. The Hall–Kier alpha value is -1.32. The molecule has 0 unspecified atom stereocenters. The Morgan fingerprint density at radius 3 is 2.56 bits per heavy atom. The summed E-state index contributed by atoms with van der Waals surface area (Å²) in [4.78, 5) is 0. The van der Waals surface area contributed by atoms with Gasteiger partial charge in [-0.1, -0.05) is 18.2 Å². The van der Waals surface area contributed by atoms with Crippen LogP contribution in [0.4, 0.5) is 0 Å². The molecule has 2 aromatic rings. The highest BCUT2D eigenvalue weighted by Crippen LogP contribution is 2.62. The van der Waals surface area contributed by atoms with Gasteiger partial charge in [-0.3, -0.25) is 0 Å². The summed E-state index contributed by atoms with van der Waals surface area (Å²) < 4.78 is 11.2. The minimum absolute atomic E-state index is 0.0916. The zero-order valence-corrected chi connectivity index (χ0v) is 10.3. The van der Waals surface area contributed by atoms with Gasteiger partial charge < -0.3 is 14.9 Å². The highest BCUT2D eigenvalue weighted by molar-refractivity contribution is 5.82. The van der Waals surface area contributed by atoms with E-state index in [0.29, 0.717) is 0 Å². The van der Waals surface area contributed by atoms with E-state index in [4.69, 9.17) is 14.9 Å². The molecule has 18 heavy (non-hydrogen) atoms. The van der Waals surface area contributed by atoms with Crippen LogP contribution in [0.25, 0.3) is 11.0 Å². The van der Waals surface area contributed by atoms with Gasteiger partial charge in [-0.05, 0) is 30.9 Å². The first-order valence-electron chi connectivity index (χ1n) is 6.56. The number of fused-ring (bicyclic) bond motifs is 1. The van der Waals surface area contributed by atoms with Crippen molar-refractivity contribution in [1.82, 2.24) is 0 Å². The molecule has 0 amide bonds. The van der Waals surface area contributed by atoms with Crippen molar-refractivity contribution in [2.45, 2.75) is 18.3 Å². The maximum Gasteiger partial charge on any atom is 0.134 e. The van der Waals surface area contributed by atoms with Gasteiger partial charge in [0, 0.05) is 10.9 Å². The second-order valence-electron chi connectivity index (χ2n) is 5.70. The Morgan fingerprint density at radius 2 is 1.94 bits per heavy atom. The third-order valence-electron chi connectivity index (χ3n) is 4.95. The molecule has 0 radical (unpaired) electrons. The largest absolute Gasteiger partial charge is 0.464 e. The molecule has 0 atom stereocenters. The molecule has 1 aromatic heterocycles. The predicted octanol–water partition coefficient (Wildman–Crippen LogP) is 2.44. The Labute approximate surface area is 106 Å². The normalized spacial score (nSPS) is 23.8. The zero-order chi connectivity index (χ0) is 12.2. The van der Waals surface area contributed by atoms with Gasteiger partial charge in [-0.25, -0.2) is 0 Å². The van der Waals surface area contributed by atoms with Crippen LogP contribution in [0.3, 0.4) is 0 Å². The van der Waals surface area contributed by atoms with Gasteiger partial charge in [0.2, 0.25) is 0 Å².